The molecule has 3 aromatic rings. The lowest BCUT2D eigenvalue weighted by atomic mass is 10.2. The molecule has 0 aliphatic carbocycles. The Morgan fingerprint density at radius 3 is 2.50 bits per heavy atom. The smallest absolute Gasteiger partial charge is 0.294 e. The van der Waals surface area contributed by atoms with Crippen molar-refractivity contribution < 1.29 is 17.9 Å². The number of sulfone groups is 1. The summed E-state index contributed by atoms with van der Waals surface area (Å²) in [4.78, 5) is 14.1. The van der Waals surface area contributed by atoms with Gasteiger partial charge in [-0.05, 0) is 36.6 Å². The van der Waals surface area contributed by atoms with E-state index in [0.29, 0.717) is 5.69 Å². The van der Waals surface area contributed by atoms with E-state index in [2.05, 4.69) is 4.98 Å². The number of H-pyrrole nitrogens is 1. The standard InChI is InChI=1S/C18H17NO4S/c1-13-6-8-16(9-7-13)24(21,22)18(23-12-20)11-15-10-14-4-2-3-5-17(14)19-15/h2-10,12,18-19H,11H2,1H3. The molecule has 0 bridgehead atoms. The van der Waals surface area contributed by atoms with E-state index in [4.69, 9.17) is 4.74 Å². The number of carbonyl (C=O) groups is 1. The van der Waals surface area contributed by atoms with Crippen molar-refractivity contribution in [3.05, 3.63) is 65.9 Å². The van der Waals surface area contributed by atoms with Gasteiger partial charge in [-0.25, -0.2) is 8.42 Å². The summed E-state index contributed by atoms with van der Waals surface area (Å²) >= 11 is 0. The van der Waals surface area contributed by atoms with Crippen molar-refractivity contribution in [1.82, 2.24) is 4.98 Å². The second kappa shape index (κ2) is 6.49. The van der Waals surface area contributed by atoms with Crippen molar-refractivity contribution >= 4 is 27.2 Å². The van der Waals surface area contributed by atoms with E-state index >= 15 is 0 Å². The molecule has 6 heteroatoms. The number of aryl methyl sites for hydroxylation is 1. The molecule has 0 aliphatic rings. The summed E-state index contributed by atoms with van der Waals surface area (Å²) < 4.78 is 30.4. The SMILES string of the molecule is Cc1ccc(S(=O)(=O)C(Cc2cc3ccccc3[nH]2)OC=O)cc1. The van der Waals surface area contributed by atoms with Gasteiger partial charge in [-0.1, -0.05) is 35.9 Å². The Bertz CT molecular complexity index is 925. The van der Waals surface area contributed by atoms with Crippen LogP contribution in [-0.2, 0) is 25.8 Å². The van der Waals surface area contributed by atoms with Crippen LogP contribution in [-0.4, -0.2) is 25.3 Å². The molecule has 5 nitrogen and oxygen atoms in total. The second-order valence-corrected chi connectivity index (χ2v) is 7.69. The highest BCUT2D eigenvalue weighted by Gasteiger charge is 2.29. The van der Waals surface area contributed by atoms with Crippen molar-refractivity contribution in [1.29, 1.82) is 0 Å². The molecule has 124 valence electrons. The fourth-order valence-electron chi connectivity index (χ4n) is 2.60. The number of nitrogens with one attached hydrogen (secondary N) is 1. The van der Waals surface area contributed by atoms with Crippen LogP contribution in [0.2, 0.25) is 0 Å². The van der Waals surface area contributed by atoms with E-state index in [9.17, 15) is 13.2 Å². The lowest BCUT2D eigenvalue weighted by Gasteiger charge is -2.15. The van der Waals surface area contributed by atoms with Gasteiger partial charge in [0.05, 0.1) is 4.90 Å². The molecular weight excluding hydrogens is 326 g/mol. The van der Waals surface area contributed by atoms with Gasteiger partial charge in [0.2, 0.25) is 15.3 Å². The van der Waals surface area contributed by atoms with E-state index < -0.39 is 15.3 Å². The highest BCUT2D eigenvalue weighted by Crippen LogP contribution is 2.22. The maximum absolute atomic E-state index is 12.8. The van der Waals surface area contributed by atoms with Crippen molar-refractivity contribution in [3.8, 4) is 0 Å². The molecule has 1 N–H and O–H groups in total. The number of rotatable bonds is 6. The van der Waals surface area contributed by atoms with Crippen LogP contribution in [0.5, 0.6) is 0 Å². The van der Waals surface area contributed by atoms with Gasteiger partial charge >= 0.3 is 0 Å². The average Bonchev–Trinajstić information content (AvgIpc) is 2.97. The number of aromatic amines is 1. The minimum absolute atomic E-state index is 0.0592. The van der Waals surface area contributed by atoms with Crippen molar-refractivity contribution in [2.75, 3.05) is 0 Å². The van der Waals surface area contributed by atoms with Gasteiger partial charge < -0.3 is 9.72 Å². The number of carbonyl (C=O) groups excluding carboxylic acids is 1. The zero-order valence-corrected chi connectivity index (χ0v) is 13.9. The largest absolute Gasteiger partial charge is 0.447 e. The molecule has 0 amide bonds. The predicted octanol–water partition coefficient (Wildman–Crippen LogP) is 2.99. The summed E-state index contributed by atoms with van der Waals surface area (Å²) in [6, 6.07) is 16.0. The minimum atomic E-state index is -3.79. The van der Waals surface area contributed by atoms with E-state index in [0.717, 1.165) is 16.5 Å². The maximum atomic E-state index is 12.8. The third-order valence-electron chi connectivity index (χ3n) is 3.88. The second-order valence-electron chi connectivity index (χ2n) is 5.61. The Kier molecular flexibility index (Phi) is 4.40. The number of hydrogen-bond donors (Lipinski definition) is 1. The molecule has 0 saturated heterocycles. The van der Waals surface area contributed by atoms with Crippen LogP contribution in [0.3, 0.4) is 0 Å². The van der Waals surface area contributed by atoms with Gasteiger partial charge in [-0.15, -0.1) is 0 Å². The molecule has 2 aromatic carbocycles. The van der Waals surface area contributed by atoms with Crippen LogP contribution >= 0.6 is 0 Å². The molecule has 1 aromatic heterocycles. The van der Waals surface area contributed by atoms with Gasteiger partial charge in [0, 0.05) is 17.6 Å². The maximum Gasteiger partial charge on any atom is 0.294 e. The first kappa shape index (κ1) is 16.3. The highest BCUT2D eigenvalue weighted by atomic mass is 32.2. The number of benzene rings is 2. The molecule has 0 radical (unpaired) electrons. The van der Waals surface area contributed by atoms with Crippen molar-refractivity contribution in [3.63, 3.8) is 0 Å². The first-order valence-electron chi connectivity index (χ1n) is 7.47. The van der Waals surface area contributed by atoms with Gasteiger partial charge in [0.25, 0.3) is 6.47 Å². The van der Waals surface area contributed by atoms with Crippen LogP contribution in [0.1, 0.15) is 11.3 Å². The molecule has 0 aliphatic heterocycles. The predicted molar refractivity (Wildman–Crippen MR) is 91.3 cm³/mol. The van der Waals surface area contributed by atoms with E-state index in [-0.39, 0.29) is 17.8 Å². The van der Waals surface area contributed by atoms with Crippen LogP contribution in [0, 0.1) is 6.92 Å². The van der Waals surface area contributed by atoms with Crippen LogP contribution in [0.4, 0.5) is 0 Å². The Hall–Kier alpha value is -2.60. The molecule has 0 saturated carbocycles. The first-order chi connectivity index (χ1) is 11.5. The van der Waals surface area contributed by atoms with Gasteiger partial charge in [-0.3, -0.25) is 4.79 Å². The molecule has 0 spiro atoms. The van der Waals surface area contributed by atoms with E-state index in [1.807, 2.05) is 37.3 Å². The number of fused-ring (bicyclic) bond motifs is 1. The monoisotopic (exact) mass is 343 g/mol. The zero-order valence-electron chi connectivity index (χ0n) is 13.1. The normalized spacial score (nSPS) is 12.9. The zero-order chi connectivity index (χ0) is 17.2. The molecule has 1 unspecified atom stereocenters. The molecule has 3 rings (SSSR count). The summed E-state index contributed by atoms with van der Waals surface area (Å²) in [5, 5.41) is 0.977. The Labute approximate surface area is 140 Å². The summed E-state index contributed by atoms with van der Waals surface area (Å²) in [5.74, 6) is 0. The molecule has 0 fully saturated rings. The summed E-state index contributed by atoms with van der Waals surface area (Å²) in [7, 11) is -3.79. The fraction of sp³-hybridized carbons (Fsp3) is 0.167. The highest BCUT2D eigenvalue weighted by molar-refractivity contribution is 7.92. The van der Waals surface area contributed by atoms with Crippen LogP contribution < -0.4 is 0 Å². The summed E-state index contributed by atoms with van der Waals surface area (Å²) in [6.45, 7) is 2.05. The van der Waals surface area contributed by atoms with Crippen molar-refractivity contribution in [2.24, 2.45) is 0 Å². The lowest BCUT2D eigenvalue weighted by Crippen LogP contribution is -2.27. The number of para-hydroxylation sites is 1. The van der Waals surface area contributed by atoms with Crippen molar-refractivity contribution in [2.45, 2.75) is 23.7 Å². The van der Waals surface area contributed by atoms with E-state index in [1.54, 1.807) is 12.1 Å². The van der Waals surface area contributed by atoms with Gasteiger partial charge in [0.15, 0.2) is 0 Å². The Morgan fingerprint density at radius 2 is 1.83 bits per heavy atom. The Morgan fingerprint density at radius 1 is 1.12 bits per heavy atom. The first-order valence-corrected chi connectivity index (χ1v) is 9.01. The third-order valence-corrected chi connectivity index (χ3v) is 5.77. The summed E-state index contributed by atoms with van der Waals surface area (Å²) in [5.41, 5.74) is 1.28. The van der Waals surface area contributed by atoms with E-state index in [1.165, 1.54) is 12.1 Å². The average molecular weight is 343 g/mol. The van der Waals surface area contributed by atoms with Crippen LogP contribution in [0.25, 0.3) is 10.9 Å². The fourth-order valence-corrected chi connectivity index (χ4v) is 4.01. The molecule has 1 atom stereocenters. The lowest BCUT2D eigenvalue weighted by molar-refractivity contribution is -0.130. The molecule has 1 heterocycles. The van der Waals surface area contributed by atoms with Crippen LogP contribution in [0.15, 0.2) is 59.5 Å². The Balaban J connectivity index is 1.93. The summed E-state index contributed by atoms with van der Waals surface area (Å²) in [6.07, 6.45) is 0.0592. The molecular formula is C18H17NO4S. The van der Waals surface area contributed by atoms with Gasteiger partial charge in [-0.2, -0.15) is 0 Å². The number of aromatic nitrogens is 1. The minimum Gasteiger partial charge on any atom is -0.447 e. The van der Waals surface area contributed by atoms with Gasteiger partial charge in [0.1, 0.15) is 0 Å². The number of ether oxygens (including phenoxy) is 1. The molecule has 24 heavy (non-hydrogen) atoms. The third kappa shape index (κ3) is 3.19. The quantitative estimate of drug-likeness (QED) is 0.698. The topological polar surface area (TPSA) is 76.2 Å². The number of hydrogen-bond acceptors (Lipinski definition) is 4.